The summed E-state index contributed by atoms with van der Waals surface area (Å²) in [4.78, 5) is 25.9. The summed E-state index contributed by atoms with van der Waals surface area (Å²) >= 11 is 6.02. The maximum absolute atomic E-state index is 13.0. The van der Waals surface area contributed by atoms with Crippen LogP contribution < -0.4 is 9.64 Å². The van der Waals surface area contributed by atoms with Gasteiger partial charge >= 0.3 is 0 Å². The van der Waals surface area contributed by atoms with Crippen molar-refractivity contribution in [2.75, 3.05) is 38.2 Å². The van der Waals surface area contributed by atoms with Crippen LogP contribution in [-0.2, 0) is 0 Å². The second kappa shape index (κ2) is 8.71. The van der Waals surface area contributed by atoms with Crippen molar-refractivity contribution in [3.8, 4) is 17.0 Å². The summed E-state index contributed by atoms with van der Waals surface area (Å²) in [6, 6.07) is 15.3. The Kier molecular flexibility index (Phi) is 5.86. The monoisotopic (exact) mass is 422 g/mol. The minimum Gasteiger partial charge on any atom is -0.496 e. The van der Waals surface area contributed by atoms with E-state index in [0.717, 1.165) is 17.1 Å². The predicted molar refractivity (Wildman–Crippen MR) is 118 cm³/mol. The highest BCUT2D eigenvalue weighted by Crippen LogP contribution is 2.26. The van der Waals surface area contributed by atoms with E-state index in [-0.39, 0.29) is 5.91 Å². The van der Waals surface area contributed by atoms with Crippen LogP contribution in [0.4, 0.5) is 5.82 Å². The molecule has 0 radical (unpaired) electrons. The minimum absolute atomic E-state index is 0.0496. The summed E-state index contributed by atoms with van der Waals surface area (Å²) in [5.74, 6) is 1.32. The fourth-order valence-electron chi connectivity index (χ4n) is 3.68. The molecule has 0 bridgehead atoms. The molecule has 1 aliphatic rings. The average Bonchev–Trinajstić information content (AvgIpc) is 2.79. The first kappa shape index (κ1) is 20.2. The molecule has 7 heteroatoms. The van der Waals surface area contributed by atoms with E-state index in [1.165, 1.54) is 5.56 Å². The lowest BCUT2D eigenvalue weighted by atomic mass is 10.1. The van der Waals surface area contributed by atoms with Crippen molar-refractivity contribution in [3.63, 3.8) is 0 Å². The fraction of sp³-hybridized carbons (Fsp3) is 0.261. The molecule has 2 aromatic carbocycles. The third kappa shape index (κ3) is 4.09. The van der Waals surface area contributed by atoms with Crippen molar-refractivity contribution in [1.82, 2.24) is 14.9 Å². The van der Waals surface area contributed by atoms with Crippen LogP contribution in [0.3, 0.4) is 0 Å². The highest BCUT2D eigenvalue weighted by atomic mass is 35.5. The summed E-state index contributed by atoms with van der Waals surface area (Å²) in [7, 11) is 1.54. The Morgan fingerprint density at radius 3 is 2.53 bits per heavy atom. The van der Waals surface area contributed by atoms with E-state index >= 15 is 0 Å². The van der Waals surface area contributed by atoms with E-state index in [4.69, 9.17) is 16.3 Å². The number of carbonyl (C=O) groups excluding carboxylic acids is 1. The molecular formula is C23H23ClN4O2. The Balaban J connectivity index is 1.47. The van der Waals surface area contributed by atoms with Crippen LogP contribution in [0, 0.1) is 6.92 Å². The molecule has 3 aromatic rings. The molecule has 1 amide bonds. The van der Waals surface area contributed by atoms with Gasteiger partial charge in [0.15, 0.2) is 0 Å². The Morgan fingerprint density at radius 1 is 1.03 bits per heavy atom. The van der Waals surface area contributed by atoms with Crippen LogP contribution in [0.5, 0.6) is 5.75 Å². The summed E-state index contributed by atoms with van der Waals surface area (Å²) < 4.78 is 5.33. The number of rotatable bonds is 4. The number of ether oxygens (including phenoxy) is 1. The average molecular weight is 423 g/mol. The molecule has 6 nitrogen and oxygen atoms in total. The molecule has 1 aliphatic heterocycles. The quantitative estimate of drug-likeness (QED) is 0.634. The largest absolute Gasteiger partial charge is 0.496 e. The second-order valence-electron chi connectivity index (χ2n) is 7.20. The van der Waals surface area contributed by atoms with Gasteiger partial charge in [-0.1, -0.05) is 35.9 Å². The third-order valence-corrected chi connectivity index (χ3v) is 5.59. The molecule has 0 aliphatic carbocycles. The van der Waals surface area contributed by atoms with Crippen molar-refractivity contribution in [2.45, 2.75) is 6.92 Å². The Bertz CT molecular complexity index is 1060. The highest BCUT2D eigenvalue weighted by molar-refractivity contribution is 6.30. The van der Waals surface area contributed by atoms with E-state index in [0.29, 0.717) is 42.5 Å². The Morgan fingerprint density at radius 2 is 1.80 bits per heavy atom. The number of amides is 1. The number of methoxy groups -OCH3 is 1. The van der Waals surface area contributed by atoms with Gasteiger partial charge in [0.05, 0.1) is 18.4 Å². The van der Waals surface area contributed by atoms with Crippen molar-refractivity contribution in [3.05, 3.63) is 71.0 Å². The van der Waals surface area contributed by atoms with Gasteiger partial charge in [0, 0.05) is 42.8 Å². The van der Waals surface area contributed by atoms with E-state index in [1.807, 2.05) is 23.1 Å². The zero-order chi connectivity index (χ0) is 21.1. The van der Waals surface area contributed by atoms with Gasteiger partial charge in [-0.15, -0.1) is 0 Å². The molecule has 1 saturated heterocycles. The lowest BCUT2D eigenvalue weighted by Gasteiger charge is -2.35. The molecule has 0 spiro atoms. The summed E-state index contributed by atoms with van der Waals surface area (Å²) in [5, 5.41) is 0.543. The first-order valence-electron chi connectivity index (χ1n) is 9.82. The molecule has 2 heterocycles. The van der Waals surface area contributed by atoms with Crippen LogP contribution >= 0.6 is 11.6 Å². The second-order valence-corrected chi connectivity index (χ2v) is 7.64. The lowest BCUT2D eigenvalue weighted by molar-refractivity contribution is 0.0743. The molecule has 0 atom stereocenters. The van der Waals surface area contributed by atoms with Crippen molar-refractivity contribution >= 4 is 23.3 Å². The van der Waals surface area contributed by atoms with E-state index in [9.17, 15) is 4.79 Å². The molecule has 1 aromatic heterocycles. The van der Waals surface area contributed by atoms with Gasteiger partial charge in [0.1, 0.15) is 17.9 Å². The first-order chi connectivity index (χ1) is 14.6. The van der Waals surface area contributed by atoms with Crippen molar-refractivity contribution < 1.29 is 9.53 Å². The summed E-state index contributed by atoms with van der Waals surface area (Å²) in [6.07, 6.45) is 1.60. The SMILES string of the molecule is COc1cc(Cl)ccc1C(=O)N1CCN(c2cc(-c3ccccc3C)ncn2)CC1. The van der Waals surface area contributed by atoms with Crippen molar-refractivity contribution in [1.29, 1.82) is 0 Å². The van der Waals surface area contributed by atoms with Crippen LogP contribution in [0.25, 0.3) is 11.3 Å². The zero-order valence-electron chi connectivity index (χ0n) is 17.0. The Labute approximate surface area is 181 Å². The molecule has 1 fully saturated rings. The number of piperazine rings is 1. The molecular weight excluding hydrogens is 400 g/mol. The summed E-state index contributed by atoms with van der Waals surface area (Å²) in [5.41, 5.74) is 3.71. The maximum atomic E-state index is 13.0. The number of carbonyl (C=O) groups is 1. The van der Waals surface area contributed by atoms with Gasteiger partial charge in [-0.2, -0.15) is 0 Å². The molecule has 4 rings (SSSR count). The number of hydrogen-bond donors (Lipinski definition) is 0. The minimum atomic E-state index is -0.0496. The molecule has 154 valence electrons. The third-order valence-electron chi connectivity index (χ3n) is 5.36. The topological polar surface area (TPSA) is 58.6 Å². The van der Waals surface area contributed by atoms with E-state index < -0.39 is 0 Å². The predicted octanol–water partition coefficient (Wildman–Crippen LogP) is 4.08. The summed E-state index contributed by atoms with van der Waals surface area (Å²) in [6.45, 7) is 4.69. The molecule has 0 N–H and O–H groups in total. The van der Waals surface area contributed by atoms with Crippen LogP contribution in [0.2, 0.25) is 5.02 Å². The Hall–Kier alpha value is -3.12. The standard InChI is InChI=1S/C23H23ClN4O2/c1-16-5-3-4-6-18(16)20-14-22(26-15-25-20)27-9-11-28(12-10-27)23(29)19-8-7-17(24)13-21(19)30-2/h3-8,13-15H,9-12H2,1-2H3. The van der Waals surface area contributed by atoms with Gasteiger partial charge in [0.2, 0.25) is 0 Å². The smallest absolute Gasteiger partial charge is 0.257 e. The normalized spacial score (nSPS) is 14.0. The number of anilines is 1. The fourth-order valence-corrected chi connectivity index (χ4v) is 3.84. The molecule has 0 saturated carbocycles. The van der Waals surface area contributed by atoms with Gasteiger partial charge in [-0.05, 0) is 30.7 Å². The number of aryl methyl sites for hydroxylation is 1. The maximum Gasteiger partial charge on any atom is 0.257 e. The zero-order valence-corrected chi connectivity index (χ0v) is 17.8. The molecule has 0 unspecified atom stereocenters. The van der Waals surface area contributed by atoms with Crippen LogP contribution in [0.1, 0.15) is 15.9 Å². The first-order valence-corrected chi connectivity index (χ1v) is 10.2. The van der Waals surface area contributed by atoms with Gasteiger partial charge < -0.3 is 14.5 Å². The number of benzene rings is 2. The van der Waals surface area contributed by atoms with Crippen LogP contribution in [0.15, 0.2) is 54.9 Å². The van der Waals surface area contributed by atoms with Gasteiger partial charge in [0.25, 0.3) is 5.91 Å². The number of aromatic nitrogens is 2. The van der Waals surface area contributed by atoms with Gasteiger partial charge in [-0.25, -0.2) is 9.97 Å². The van der Waals surface area contributed by atoms with E-state index in [2.05, 4.69) is 33.9 Å². The lowest BCUT2D eigenvalue weighted by Crippen LogP contribution is -2.49. The molecule has 30 heavy (non-hydrogen) atoms. The van der Waals surface area contributed by atoms with Gasteiger partial charge in [-0.3, -0.25) is 4.79 Å². The number of hydrogen-bond acceptors (Lipinski definition) is 5. The van der Waals surface area contributed by atoms with Crippen molar-refractivity contribution in [2.24, 2.45) is 0 Å². The highest BCUT2D eigenvalue weighted by Gasteiger charge is 2.25. The number of nitrogens with zero attached hydrogens (tertiary/aromatic N) is 4. The number of halogens is 1. The van der Waals surface area contributed by atoms with E-state index in [1.54, 1.807) is 31.6 Å². The van der Waals surface area contributed by atoms with Crippen LogP contribution in [-0.4, -0.2) is 54.1 Å².